The van der Waals surface area contributed by atoms with Crippen molar-refractivity contribution in [2.45, 2.75) is 70.8 Å². The molecule has 0 bridgehead atoms. The van der Waals surface area contributed by atoms with Gasteiger partial charge in [0.25, 0.3) is 0 Å². The second-order valence-corrected chi connectivity index (χ2v) is 16.5. The number of methoxy groups -OCH3 is 1. The van der Waals surface area contributed by atoms with E-state index in [-0.39, 0.29) is 23.5 Å². The number of nitrogens with one attached hydrogen (secondary N) is 1. The molecule has 1 aromatic carbocycles. The molecule has 1 heterocycles. The van der Waals surface area contributed by atoms with Gasteiger partial charge in [-0.15, -0.1) is 0 Å². The molecule has 0 aliphatic rings. The van der Waals surface area contributed by atoms with E-state index in [1.807, 2.05) is 19.3 Å². The molecule has 39 heavy (non-hydrogen) atoms. The molecule has 2 aromatic rings. The Labute approximate surface area is 238 Å². The smallest absolute Gasteiger partial charge is 0.326 e. The molecular formula is C29H42ClN3O5Si. The summed E-state index contributed by atoms with van der Waals surface area (Å²) in [5, 5.41) is 16.9. The van der Waals surface area contributed by atoms with Gasteiger partial charge in [0.2, 0.25) is 5.91 Å². The van der Waals surface area contributed by atoms with Crippen molar-refractivity contribution in [3.05, 3.63) is 65.0 Å². The average Bonchev–Trinajstić information content (AvgIpc) is 3.25. The largest absolute Gasteiger partial charge is 0.495 e. The molecule has 0 spiro atoms. The minimum atomic E-state index is -2.09. The van der Waals surface area contributed by atoms with E-state index >= 15 is 0 Å². The van der Waals surface area contributed by atoms with Crippen molar-refractivity contribution >= 4 is 37.9 Å². The molecule has 0 fully saturated rings. The van der Waals surface area contributed by atoms with Gasteiger partial charge in [-0.2, -0.15) is 5.10 Å². The van der Waals surface area contributed by atoms with E-state index in [2.05, 4.69) is 57.3 Å². The van der Waals surface area contributed by atoms with Gasteiger partial charge in [0.1, 0.15) is 11.8 Å². The third-order valence-electron chi connectivity index (χ3n) is 7.06. The molecule has 10 heteroatoms. The lowest BCUT2D eigenvalue weighted by atomic mass is 10.0. The SMILES string of the molecule is COc1ccc(CC(NC(=O)/C=C/CC(O[Si](C)(C)C(C)(C)C)C(C)/C=C/c2cnn(C)c2)C(=O)O)cc1Cl. The van der Waals surface area contributed by atoms with Crippen molar-refractivity contribution < 1.29 is 23.9 Å². The number of benzene rings is 1. The van der Waals surface area contributed by atoms with Gasteiger partial charge in [-0.1, -0.05) is 63.6 Å². The number of rotatable bonds is 13. The van der Waals surface area contributed by atoms with Crippen molar-refractivity contribution in [1.29, 1.82) is 0 Å². The van der Waals surface area contributed by atoms with Crippen molar-refractivity contribution in [3.8, 4) is 5.75 Å². The van der Waals surface area contributed by atoms with Crippen LogP contribution >= 0.6 is 11.6 Å². The molecule has 2 rings (SSSR count). The first-order valence-electron chi connectivity index (χ1n) is 13.0. The van der Waals surface area contributed by atoms with Crippen LogP contribution in [-0.4, -0.2) is 54.3 Å². The first-order chi connectivity index (χ1) is 18.1. The van der Waals surface area contributed by atoms with Crippen LogP contribution in [0.4, 0.5) is 0 Å². The van der Waals surface area contributed by atoms with Crippen LogP contribution in [0.3, 0.4) is 0 Å². The minimum Gasteiger partial charge on any atom is -0.495 e. The van der Waals surface area contributed by atoms with Crippen LogP contribution in [0.1, 0.15) is 45.2 Å². The number of aryl methyl sites for hydroxylation is 1. The number of hydrogen-bond donors (Lipinski definition) is 2. The molecule has 8 nitrogen and oxygen atoms in total. The van der Waals surface area contributed by atoms with E-state index in [9.17, 15) is 14.7 Å². The Kier molecular flexibility index (Phi) is 11.6. The van der Waals surface area contributed by atoms with Gasteiger partial charge in [-0.25, -0.2) is 4.79 Å². The van der Waals surface area contributed by atoms with E-state index in [4.69, 9.17) is 20.8 Å². The number of carboxylic acid groups (broad SMARTS) is 1. The highest BCUT2D eigenvalue weighted by atomic mass is 35.5. The lowest BCUT2D eigenvalue weighted by Crippen LogP contribution is -2.45. The summed E-state index contributed by atoms with van der Waals surface area (Å²) >= 11 is 6.17. The highest BCUT2D eigenvalue weighted by molar-refractivity contribution is 6.74. The molecule has 2 N–H and O–H groups in total. The number of nitrogens with zero attached hydrogens (tertiary/aromatic N) is 2. The Morgan fingerprint density at radius 2 is 1.97 bits per heavy atom. The number of aliphatic carboxylic acids is 1. The summed E-state index contributed by atoms with van der Waals surface area (Å²) in [6, 6.07) is 3.94. The fourth-order valence-corrected chi connectivity index (χ4v) is 5.34. The molecule has 3 unspecified atom stereocenters. The highest BCUT2D eigenvalue weighted by Crippen LogP contribution is 2.38. The molecule has 0 saturated heterocycles. The van der Waals surface area contributed by atoms with Crippen LogP contribution < -0.4 is 10.1 Å². The number of aromatic nitrogens is 2. The van der Waals surface area contributed by atoms with Crippen molar-refractivity contribution in [2.24, 2.45) is 13.0 Å². The summed E-state index contributed by atoms with van der Waals surface area (Å²) in [6.07, 6.45) is 11.4. The van der Waals surface area contributed by atoms with Gasteiger partial charge in [-0.05, 0) is 54.2 Å². The topological polar surface area (TPSA) is 103 Å². The molecule has 1 amide bonds. The zero-order valence-electron chi connectivity index (χ0n) is 24.2. The molecule has 0 aliphatic heterocycles. The fourth-order valence-electron chi connectivity index (χ4n) is 3.64. The Balaban J connectivity index is 2.11. The van der Waals surface area contributed by atoms with Crippen LogP contribution in [0.5, 0.6) is 5.75 Å². The number of amides is 1. The number of carboxylic acids is 1. The van der Waals surface area contributed by atoms with Gasteiger partial charge >= 0.3 is 5.97 Å². The maximum atomic E-state index is 12.7. The molecular weight excluding hydrogens is 534 g/mol. The van der Waals surface area contributed by atoms with Crippen LogP contribution in [0.25, 0.3) is 6.08 Å². The minimum absolute atomic E-state index is 0.0260. The van der Waals surface area contributed by atoms with Gasteiger partial charge in [0.05, 0.1) is 24.4 Å². The predicted octanol–water partition coefficient (Wildman–Crippen LogP) is 5.88. The highest BCUT2D eigenvalue weighted by Gasteiger charge is 2.39. The Hall–Kier alpha value is -2.88. The Morgan fingerprint density at radius 1 is 1.28 bits per heavy atom. The summed E-state index contributed by atoms with van der Waals surface area (Å²) in [5.74, 6) is -1.04. The summed E-state index contributed by atoms with van der Waals surface area (Å²) in [5.41, 5.74) is 1.68. The number of halogens is 1. The summed E-state index contributed by atoms with van der Waals surface area (Å²) in [7, 11) is 1.29. The zero-order valence-corrected chi connectivity index (χ0v) is 26.0. The summed E-state index contributed by atoms with van der Waals surface area (Å²) < 4.78 is 13.6. The number of carbonyl (C=O) groups is 2. The van der Waals surface area contributed by atoms with E-state index in [0.29, 0.717) is 22.8 Å². The Morgan fingerprint density at radius 3 is 2.51 bits per heavy atom. The summed E-state index contributed by atoms with van der Waals surface area (Å²) in [4.78, 5) is 24.5. The number of carbonyl (C=O) groups excluding carboxylic acids is 1. The Bertz CT molecular complexity index is 1190. The summed E-state index contributed by atoms with van der Waals surface area (Å²) in [6.45, 7) is 13.1. The van der Waals surface area contributed by atoms with Crippen molar-refractivity contribution in [2.75, 3.05) is 7.11 Å². The predicted molar refractivity (Wildman–Crippen MR) is 159 cm³/mol. The van der Waals surface area contributed by atoms with Gasteiger partial charge in [-0.3, -0.25) is 9.48 Å². The van der Waals surface area contributed by atoms with E-state index < -0.39 is 26.2 Å². The number of hydrogen-bond acceptors (Lipinski definition) is 5. The van der Waals surface area contributed by atoms with E-state index in [0.717, 1.165) is 5.56 Å². The monoisotopic (exact) mass is 575 g/mol. The quantitative estimate of drug-likeness (QED) is 0.228. The first kappa shape index (κ1) is 32.3. The third kappa shape index (κ3) is 9.98. The van der Waals surface area contributed by atoms with Gasteiger partial charge in [0, 0.05) is 25.2 Å². The second kappa shape index (κ2) is 14.0. The van der Waals surface area contributed by atoms with Crippen LogP contribution in [0, 0.1) is 5.92 Å². The lowest BCUT2D eigenvalue weighted by molar-refractivity contribution is -0.141. The van der Waals surface area contributed by atoms with Crippen LogP contribution in [0.15, 0.2) is 48.8 Å². The molecule has 0 saturated carbocycles. The maximum absolute atomic E-state index is 12.7. The van der Waals surface area contributed by atoms with Gasteiger partial charge in [0.15, 0.2) is 8.32 Å². The van der Waals surface area contributed by atoms with Gasteiger partial charge < -0.3 is 19.6 Å². The molecule has 214 valence electrons. The normalized spacial score (nSPS) is 14.9. The molecule has 0 aliphatic carbocycles. The van der Waals surface area contributed by atoms with Crippen molar-refractivity contribution in [3.63, 3.8) is 0 Å². The second-order valence-electron chi connectivity index (χ2n) is 11.3. The average molecular weight is 576 g/mol. The van der Waals surface area contributed by atoms with E-state index in [1.165, 1.54) is 13.2 Å². The standard InChI is InChI=1S/C29H42ClN3O5Si/c1-20(12-13-22-18-31-33(5)19-22)25(38-39(7,8)29(2,3)4)10-9-11-27(34)32-24(28(35)36)17-21-14-15-26(37-6)23(30)16-21/h9,11-16,18-20,24-25H,10,17H2,1-8H3,(H,32,34)(H,35,36)/b11-9+,13-12+. The first-order valence-corrected chi connectivity index (χ1v) is 16.3. The molecule has 3 atom stereocenters. The lowest BCUT2D eigenvalue weighted by Gasteiger charge is -2.40. The fraction of sp³-hybridized carbons (Fsp3) is 0.483. The molecule has 1 aromatic heterocycles. The third-order valence-corrected chi connectivity index (χ3v) is 11.9. The zero-order chi connectivity index (χ0) is 29.4. The van der Waals surface area contributed by atoms with Crippen molar-refractivity contribution in [1.82, 2.24) is 15.1 Å². The van der Waals surface area contributed by atoms with E-state index in [1.54, 1.807) is 35.2 Å². The maximum Gasteiger partial charge on any atom is 0.326 e. The number of ether oxygens (including phenoxy) is 1. The van der Waals surface area contributed by atoms with Crippen LogP contribution in [0.2, 0.25) is 23.2 Å². The van der Waals surface area contributed by atoms with Crippen LogP contribution in [-0.2, 0) is 27.5 Å². The molecule has 0 radical (unpaired) electrons.